The van der Waals surface area contributed by atoms with Gasteiger partial charge in [-0.1, -0.05) is 94.8 Å². The molecule has 0 radical (unpaired) electrons. The summed E-state index contributed by atoms with van der Waals surface area (Å²) in [4.78, 5) is 14.7. The number of hydrogen-bond donors (Lipinski definition) is 0. The molecule has 0 saturated carbocycles. The quantitative estimate of drug-likeness (QED) is 0.219. The number of hydrogen-bond acceptors (Lipinski definition) is 3. The summed E-state index contributed by atoms with van der Waals surface area (Å²) in [6.07, 6.45) is 0. The van der Waals surface area contributed by atoms with Gasteiger partial charge in [0.05, 0.1) is 11.0 Å². The van der Waals surface area contributed by atoms with Gasteiger partial charge in [-0.3, -0.25) is 0 Å². The second-order valence-corrected chi connectivity index (χ2v) is 10.0. The molecule has 2 aromatic heterocycles. The molecule has 0 aliphatic carbocycles. The van der Waals surface area contributed by atoms with Crippen molar-refractivity contribution in [2.45, 2.75) is 0 Å². The molecule has 0 unspecified atom stereocenters. The van der Waals surface area contributed by atoms with E-state index in [1.807, 2.05) is 60.7 Å². The first-order valence-electron chi connectivity index (χ1n) is 12.4. The Balaban J connectivity index is 1.46. The maximum atomic E-state index is 4.94. The fraction of sp³-hybridized carbons (Fsp3) is 0. The Labute approximate surface area is 228 Å². The number of nitrogens with zero attached hydrogens (tertiary/aromatic N) is 4. The van der Waals surface area contributed by atoms with E-state index in [1.165, 1.54) is 10.9 Å². The number of halogens is 1. The first kappa shape index (κ1) is 22.6. The summed E-state index contributed by atoms with van der Waals surface area (Å²) in [6.45, 7) is 0. The first-order chi connectivity index (χ1) is 18.7. The number of para-hydroxylation sites is 2. The van der Waals surface area contributed by atoms with E-state index >= 15 is 0 Å². The summed E-state index contributed by atoms with van der Waals surface area (Å²) >= 11 is 3.53. The van der Waals surface area contributed by atoms with Crippen LogP contribution in [-0.2, 0) is 0 Å². The third-order valence-electron chi connectivity index (χ3n) is 6.71. The Kier molecular flexibility index (Phi) is 5.56. The Morgan fingerprint density at radius 1 is 0.447 bits per heavy atom. The summed E-state index contributed by atoms with van der Waals surface area (Å²) in [6, 6.07) is 43.6. The highest BCUT2D eigenvalue weighted by Gasteiger charge is 2.16. The van der Waals surface area contributed by atoms with Crippen molar-refractivity contribution in [3.8, 4) is 39.9 Å². The van der Waals surface area contributed by atoms with Gasteiger partial charge in [0.15, 0.2) is 17.5 Å². The lowest BCUT2D eigenvalue weighted by Gasteiger charge is -2.10. The van der Waals surface area contributed by atoms with Gasteiger partial charge in [-0.2, -0.15) is 0 Å². The topological polar surface area (TPSA) is 43.6 Å². The maximum absolute atomic E-state index is 4.94. The molecule has 0 saturated heterocycles. The van der Waals surface area contributed by atoms with E-state index in [-0.39, 0.29) is 0 Å². The van der Waals surface area contributed by atoms with Gasteiger partial charge in [-0.25, -0.2) is 15.0 Å². The Morgan fingerprint density at radius 3 is 1.68 bits per heavy atom. The minimum absolute atomic E-state index is 0.646. The summed E-state index contributed by atoms with van der Waals surface area (Å²) in [5, 5.41) is 2.35. The molecule has 5 aromatic carbocycles. The SMILES string of the molecule is Brc1ccc(-c2nc(-c3ccccc3)nc(-c3ccc4c(c3)c3ccccc3n4-c3ccccc3)n2)cc1. The predicted molar refractivity (Wildman–Crippen MR) is 158 cm³/mol. The molecule has 0 spiro atoms. The summed E-state index contributed by atoms with van der Waals surface area (Å²) in [5.41, 5.74) is 6.29. The van der Waals surface area contributed by atoms with Crippen molar-refractivity contribution in [3.05, 3.63) is 132 Å². The van der Waals surface area contributed by atoms with Crippen LogP contribution in [0.1, 0.15) is 0 Å². The van der Waals surface area contributed by atoms with Crippen molar-refractivity contribution in [1.29, 1.82) is 0 Å². The average molecular weight is 553 g/mol. The van der Waals surface area contributed by atoms with Gasteiger partial charge in [0.1, 0.15) is 0 Å². The molecule has 0 fully saturated rings. The molecule has 0 amide bonds. The molecule has 0 aliphatic rings. The largest absolute Gasteiger partial charge is 0.309 e. The highest BCUT2D eigenvalue weighted by Crippen LogP contribution is 2.35. The molecule has 7 aromatic rings. The third-order valence-corrected chi connectivity index (χ3v) is 7.24. The predicted octanol–water partition coefficient (Wildman–Crippen LogP) is 8.73. The Morgan fingerprint density at radius 2 is 0.974 bits per heavy atom. The van der Waals surface area contributed by atoms with Crippen LogP contribution in [0.15, 0.2) is 132 Å². The smallest absolute Gasteiger partial charge is 0.164 e. The van der Waals surface area contributed by atoms with E-state index in [2.05, 4.69) is 87.2 Å². The zero-order valence-electron chi connectivity index (χ0n) is 20.3. The fourth-order valence-electron chi connectivity index (χ4n) is 4.92. The van der Waals surface area contributed by atoms with Crippen molar-refractivity contribution in [2.24, 2.45) is 0 Å². The lowest BCUT2D eigenvalue weighted by Crippen LogP contribution is -2.00. The van der Waals surface area contributed by atoms with Crippen molar-refractivity contribution in [1.82, 2.24) is 19.5 Å². The van der Waals surface area contributed by atoms with Crippen molar-refractivity contribution in [3.63, 3.8) is 0 Å². The number of fused-ring (bicyclic) bond motifs is 3. The van der Waals surface area contributed by atoms with Gasteiger partial charge in [-0.05, 0) is 48.5 Å². The molecule has 0 aliphatic heterocycles. The van der Waals surface area contributed by atoms with Crippen LogP contribution in [0.25, 0.3) is 61.7 Å². The van der Waals surface area contributed by atoms with Gasteiger partial charge >= 0.3 is 0 Å². The van der Waals surface area contributed by atoms with E-state index in [4.69, 9.17) is 15.0 Å². The van der Waals surface area contributed by atoms with Gasteiger partial charge < -0.3 is 4.57 Å². The number of aromatic nitrogens is 4. The van der Waals surface area contributed by atoms with Gasteiger partial charge in [-0.15, -0.1) is 0 Å². The molecule has 180 valence electrons. The normalized spacial score (nSPS) is 11.3. The number of benzene rings is 5. The Bertz CT molecular complexity index is 1910. The monoisotopic (exact) mass is 552 g/mol. The van der Waals surface area contributed by atoms with E-state index < -0.39 is 0 Å². The minimum Gasteiger partial charge on any atom is -0.309 e. The van der Waals surface area contributed by atoms with Crippen LogP contribution >= 0.6 is 15.9 Å². The van der Waals surface area contributed by atoms with E-state index in [0.29, 0.717) is 17.5 Å². The van der Waals surface area contributed by atoms with Crippen LogP contribution in [-0.4, -0.2) is 19.5 Å². The number of rotatable bonds is 4. The molecule has 0 bridgehead atoms. The zero-order chi connectivity index (χ0) is 25.5. The van der Waals surface area contributed by atoms with Crippen molar-refractivity contribution in [2.75, 3.05) is 0 Å². The highest BCUT2D eigenvalue weighted by molar-refractivity contribution is 9.10. The maximum Gasteiger partial charge on any atom is 0.164 e. The fourth-order valence-corrected chi connectivity index (χ4v) is 5.18. The van der Waals surface area contributed by atoms with E-state index in [9.17, 15) is 0 Å². The van der Waals surface area contributed by atoms with Crippen LogP contribution in [0, 0.1) is 0 Å². The van der Waals surface area contributed by atoms with Crippen LogP contribution in [0.5, 0.6) is 0 Å². The Hall–Kier alpha value is -4.61. The molecule has 0 atom stereocenters. The van der Waals surface area contributed by atoms with Crippen molar-refractivity contribution < 1.29 is 0 Å². The van der Waals surface area contributed by atoms with Crippen LogP contribution < -0.4 is 0 Å². The standard InChI is InChI=1S/C33H21BrN4/c34-25-18-15-23(16-19-25)32-35-31(22-9-3-1-4-10-22)36-33(37-32)24-17-20-30-28(21-24)27-13-7-8-14-29(27)38(30)26-11-5-2-6-12-26/h1-21H. The van der Waals surface area contributed by atoms with E-state index in [1.54, 1.807) is 0 Å². The molecule has 0 N–H and O–H groups in total. The zero-order valence-corrected chi connectivity index (χ0v) is 21.9. The summed E-state index contributed by atoms with van der Waals surface area (Å²) in [5.74, 6) is 1.95. The average Bonchev–Trinajstić information content (AvgIpc) is 3.32. The van der Waals surface area contributed by atoms with Gasteiger partial charge in [0.2, 0.25) is 0 Å². The third kappa shape index (κ3) is 3.98. The molecule has 38 heavy (non-hydrogen) atoms. The van der Waals surface area contributed by atoms with Crippen molar-refractivity contribution >= 4 is 37.7 Å². The summed E-state index contributed by atoms with van der Waals surface area (Å²) < 4.78 is 3.32. The second-order valence-electron chi connectivity index (χ2n) is 9.10. The molecule has 4 nitrogen and oxygen atoms in total. The minimum atomic E-state index is 0.646. The van der Waals surface area contributed by atoms with E-state index in [0.717, 1.165) is 37.8 Å². The van der Waals surface area contributed by atoms with Gasteiger partial charge in [0.25, 0.3) is 0 Å². The summed E-state index contributed by atoms with van der Waals surface area (Å²) in [7, 11) is 0. The van der Waals surface area contributed by atoms with Crippen LogP contribution in [0.2, 0.25) is 0 Å². The second kappa shape index (κ2) is 9.36. The molecular formula is C33H21BrN4. The molecule has 5 heteroatoms. The highest BCUT2D eigenvalue weighted by atomic mass is 79.9. The lowest BCUT2D eigenvalue weighted by atomic mass is 10.1. The lowest BCUT2D eigenvalue weighted by molar-refractivity contribution is 1.07. The van der Waals surface area contributed by atoms with Gasteiger partial charge in [0, 0.05) is 37.6 Å². The van der Waals surface area contributed by atoms with Crippen LogP contribution in [0.3, 0.4) is 0 Å². The molecule has 7 rings (SSSR count). The molecular weight excluding hydrogens is 532 g/mol. The van der Waals surface area contributed by atoms with Crippen LogP contribution in [0.4, 0.5) is 0 Å². The first-order valence-corrected chi connectivity index (χ1v) is 13.2. The molecule has 2 heterocycles.